The van der Waals surface area contributed by atoms with Crippen LogP contribution in [0.2, 0.25) is 0 Å². The standard InChI is InChI=1S/C26H28F3N5O3S/c27-26(28,29)23-22(37-25(31-23)34-9-2-1-3-10-34)19(35)16-18-7-8-21(30-17-18)32-11-5-12-33(14-13-32)24(36)20-6-4-15-38-20/h4,6-8,15,17H,1-3,5,9-14,16H2. The lowest BCUT2D eigenvalue weighted by Gasteiger charge is -2.24. The summed E-state index contributed by atoms with van der Waals surface area (Å²) in [4.78, 5) is 39.9. The number of alkyl halides is 3. The Balaban J connectivity index is 1.24. The number of anilines is 2. The van der Waals surface area contributed by atoms with E-state index in [1.54, 1.807) is 17.0 Å². The first-order chi connectivity index (χ1) is 18.3. The van der Waals surface area contributed by atoms with Crippen LogP contribution in [0.15, 0.2) is 40.3 Å². The summed E-state index contributed by atoms with van der Waals surface area (Å²) in [5, 5.41) is 1.88. The maximum Gasteiger partial charge on any atom is 0.437 e. The molecule has 38 heavy (non-hydrogen) atoms. The van der Waals surface area contributed by atoms with Gasteiger partial charge in [-0.3, -0.25) is 9.59 Å². The second-order valence-electron chi connectivity index (χ2n) is 9.45. The number of pyridine rings is 1. The van der Waals surface area contributed by atoms with Crippen LogP contribution in [0.3, 0.4) is 0 Å². The predicted octanol–water partition coefficient (Wildman–Crippen LogP) is 4.92. The number of aromatic nitrogens is 2. The molecule has 5 rings (SSSR count). The average Bonchev–Trinajstić information content (AvgIpc) is 3.56. The molecule has 0 aromatic carbocycles. The fourth-order valence-electron chi connectivity index (χ4n) is 4.79. The van der Waals surface area contributed by atoms with Crippen LogP contribution in [0.5, 0.6) is 0 Å². The Morgan fingerprint density at radius 3 is 2.42 bits per heavy atom. The Bertz CT molecular complexity index is 1250. The number of halogens is 3. The highest BCUT2D eigenvalue weighted by molar-refractivity contribution is 7.12. The number of piperidine rings is 1. The van der Waals surface area contributed by atoms with Gasteiger partial charge in [0.1, 0.15) is 5.82 Å². The minimum absolute atomic E-state index is 0.0257. The van der Waals surface area contributed by atoms with E-state index in [0.717, 1.165) is 25.7 Å². The Morgan fingerprint density at radius 2 is 1.74 bits per heavy atom. The molecule has 0 saturated carbocycles. The number of hydrogen-bond donors (Lipinski definition) is 0. The first kappa shape index (κ1) is 26.2. The molecule has 0 radical (unpaired) electrons. The van der Waals surface area contributed by atoms with Gasteiger partial charge in [-0.25, -0.2) is 4.98 Å². The molecule has 0 atom stereocenters. The lowest BCUT2D eigenvalue weighted by molar-refractivity contribution is -0.141. The zero-order valence-electron chi connectivity index (χ0n) is 20.7. The Hall–Kier alpha value is -3.41. The molecular formula is C26H28F3N5O3S. The molecule has 2 aliphatic heterocycles. The van der Waals surface area contributed by atoms with E-state index in [1.165, 1.54) is 17.5 Å². The number of amides is 1. The van der Waals surface area contributed by atoms with Crippen LogP contribution in [-0.2, 0) is 12.6 Å². The number of carbonyl (C=O) groups is 2. The molecule has 2 saturated heterocycles. The summed E-state index contributed by atoms with van der Waals surface area (Å²) in [5.74, 6) is -0.835. The van der Waals surface area contributed by atoms with Gasteiger partial charge >= 0.3 is 6.18 Å². The highest BCUT2D eigenvalue weighted by Crippen LogP contribution is 2.35. The monoisotopic (exact) mass is 547 g/mol. The number of oxazole rings is 1. The largest absolute Gasteiger partial charge is 0.437 e. The van der Waals surface area contributed by atoms with Gasteiger partial charge < -0.3 is 19.1 Å². The highest BCUT2D eigenvalue weighted by Gasteiger charge is 2.41. The van der Waals surface area contributed by atoms with Gasteiger partial charge in [0.2, 0.25) is 11.5 Å². The molecule has 8 nitrogen and oxygen atoms in total. The van der Waals surface area contributed by atoms with Crippen molar-refractivity contribution in [2.45, 2.75) is 38.3 Å². The van der Waals surface area contributed by atoms with Gasteiger partial charge in [-0.1, -0.05) is 12.1 Å². The third kappa shape index (κ3) is 5.85. The zero-order valence-corrected chi connectivity index (χ0v) is 21.6. The summed E-state index contributed by atoms with van der Waals surface area (Å²) < 4.78 is 46.3. The SMILES string of the molecule is O=C(Cc1ccc(N2CCCN(C(=O)c3cccs3)CC2)nc1)c1oc(N2CCCCC2)nc1C(F)(F)F. The van der Waals surface area contributed by atoms with Crippen molar-refractivity contribution in [1.29, 1.82) is 0 Å². The van der Waals surface area contributed by atoms with Crippen LogP contribution >= 0.6 is 11.3 Å². The first-order valence-corrected chi connectivity index (χ1v) is 13.6. The third-order valence-corrected chi connectivity index (χ3v) is 7.63. The van der Waals surface area contributed by atoms with E-state index in [0.29, 0.717) is 55.5 Å². The molecule has 2 aliphatic rings. The lowest BCUT2D eigenvalue weighted by Crippen LogP contribution is -2.35. The van der Waals surface area contributed by atoms with Gasteiger partial charge in [0.05, 0.1) is 4.88 Å². The number of nitrogens with zero attached hydrogens (tertiary/aromatic N) is 5. The summed E-state index contributed by atoms with van der Waals surface area (Å²) in [6, 6.07) is 6.97. The van der Waals surface area contributed by atoms with Crippen LogP contribution in [0.1, 0.15) is 57.2 Å². The van der Waals surface area contributed by atoms with Gasteiger partial charge in [0, 0.05) is 51.9 Å². The minimum Gasteiger partial charge on any atom is -0.420 e. The quantitative estimate of drug-likeness (QED) is 0.405. The fourth-order valence-corrected chi connectivity index (χ4v) is 5.48. The molecule has 2 fully saturated rings. The maximum atomic E-state index is 13.6. The van der Waals surface area contributed by atoms with Crippen molar-refractivity contribution in [2.24, 2.45) is 0 Å². The molecule has 0 spiro atoms. The Morgan fingerprint density at radius 1 is 0.947 bits per heavy atom. The topological polar surface area (TPSA) is 82.8 Å². The van der Waals surface area contributed by atoms with Gasteiger partial charge in [0.15, 0.2) is 5.69 Å². The van der Waals surface area contributed by atoms with E-state index >= 15 is 0 Å². The van der Waals surface area contributed by atoms with Gasteiger partial charge in [-0.05, 0) is 48.8 Å². The van der Waals surface area contributed by atoms with Crippen LogP contribution in [-0.4, -0.2) is 65.8 Å². The van der Waals surface area contributed by atoms with Crippen LogP contribution in [0, 0.1) is 0 Å². The molecule has 202 valence electrons. The number of Topliss-reactive ketones (excluding diaryl/α,β-unsaturated/α-hetero) is 1. The van der Waals surface area contributed by atoms with E-state index < -0.39 is 23.4 Å². The van der Waals surface area contributed by atoms with Crippen LogP contribution in [0.25, 0.3) is 0 Å². The second-order valence-corrected chi connectivity index (χ2v) is 10.4. The fraction of sp³-hybridized carbons (Fsp3) is 0.462. The smallest absolute Gasteiger partial charge is 0.420 e. The summed E-state index contributed by atoms with van der Waals surface area (Å²) in [7, 11) is 0. The molecule has 5 heterocycles. The molecule has 3 aromatic rings. The third-order valence-electron chi connectivity index (χ3n) is 6.78. The summed E-state index contributed by atoms with van der Waals surface area (Å²) >= 11 is 1.42. The first-order valence-electron chi connectivity index (χ1n) is 12.7. The molecule has 0 N–H and O–H groups in total. The van der Waals surface area contributed by atoms with Crippen molar-refractivity contribution in [3.05, 3.63) is 57.7 Å². The van der Waals surface area contributed by atoms with E-state index in [2.05, 4.69) is 14.9 Å². The molecule has 12 heteroatoms. The summed E-state index contributed by atoms with van der Waals surface area (Å²) in [6.07, 6.45) is -0.118. The zero-order chi connectivity index (χ0) is 26.7. The highest BCUT2D eigenvalue weighted by atomic mass is 32.1. The average molecular weight is 548 g/mol. The van der Waals surface area contributed by atoms with Crippen molar-refractivity contribution in [2.75, 3.05) is 49.1 Å². The van der Waals surface area contributed by atoms with E-state index in [1.807, 2.05) is 22.4 Å². The van der Waals surface area contributed by atoms with Crippen molar-refractivity contribution < 1.29 is 27.2 Å². The minimum atomic E-state index is -4.80. The second kappa shape index (κ2) is 11.1. The molecule has 0 bridgehead atoms. The number of rotatable bonds is 6. The Kier molecular flexibility index (Phi) is 7.68. The maximum absolute atomic E-state index is 13.6. The summed E-state index contributed by atoms with van der Waals surface area (Å²) in [5.41, 5.74) is -0.800. The Labute approximate surface area is 222 Å². The van der Waals surface area contributed by atoms with Crippen molar-refractivity contribution in [1.82, 2.24) is 14.9 Å². The van der Waals surface area contributed by atoms with Gasteiger partial charge in [-0.2, -0.15) is 18.2 Å². The number of hydrogen-bond acceptors (Lipinski definition) is 8. The predicted molar refractivity (Wildman–Crippen MR) is 137 cm³/mol. The van der Waals surface area contributed by atoms with E-state index in [9.17, 15) is 22.8 Å². The number of carbonyl (C=O) groups excluding carboxylic acids is 2. The van der Waals surface area contributed by atoms with Crippen LogP contribution < -0.4 is 9.80 Å². The molecule has 3 aromatic heterocycles. The van der Waals surface area contributed by atoms with Gasteiger partial charge in [-0.15, -0.1) is 11.3 Å². The normalized spacial score (nSPS) is 17.0. The molecule has 0 unspecified atom stereocenters. The number of thiophene rings is 1. The van der Waals surface area contributed by atoms with Crippen molar-refractivity contribution in [3.63, 3.8) is 0 Å². The van der Waals surface area contributed by atoms with Crippen molar-refractivity contribution >= 4 is 34.9 Å². The van der Waals surface area contributed by atoms with Crippen LogP contribution in [0.4, 0.5) is 25.0 Å². The van der Waals surface area contributed by atoms with E-state index in [-0.39, 0.29) is 18.3 Å². The lowest BCUT2D eigenvalue weighted by atomic mass is 10.1. The molecule has 1 amide bonds. The van der Waals surface area contributed by atoms with E-state index in [4.69, 9.17) is 4.42 Å². The number of ketones is 1. The molecule has 0 aliphatic carbocycles. The summed E-state index contributed by atoms with van der Waals surface area (Å²) in [6.45, 7) is 3.63. The van der Waals surface area contributed by atoms with Crippen molar-refractivity contribution in [3.8, 4) is 0 Å². The molecular weight excluding hydrogens is 519 g/mol. The van der Waals surface area contributed by atoms with Gasteiger partial charge in [0.25, 0.3) is 11.9 Å².